The van der Waals surface area contributed by atoms with E-state index in [2.05, 4.69) is 5.10 Å². The summed E-state index contributed by atoms with van der Waals surface area (Å²) in [4.78, 5) is 17.0. The first kappa shape index (κ1) is 19.3. The van der Waals surface area contributed by atoms with Crippen molar-refractivity contribution in [2.75, 3.05) is 5.73 Å². The summed E-state index contributed by atoms with van der Waals surface area (Å²) in [7, 11) is 0. The highest BCUT2D eigenvalue weighted by Crippen LogP contribution is 2.43. The van der Waals surface area contributed by atoms with Gasteiger partial charge in [-0.2, -0.15) is 5.10 Å². The number of nitrogen functional groups attached to an aromatic ring is 1. The molecule has 5 rings (SSSR count). The van der Waals surface area contributed by atoms with E-state index in [-0.39, 0.29) is 17.4 Å². The van der Waals surface area contributed by atoms with Crippen molar-refractivity contribution >= 4 is 22.6 Å². The number of aliphatic hydroxyl groups is 1. The fraction of sp³-hybridized carbons (Fsp3) is 0.208. The molecule has 2 heterocycles. The van der Waals surface area contributed by atoms with E-state index < -0.39 is 11.5 Å². The third kappa shape index (κ3) is 3.33. The maximum Gasteiger partial charge on any atom is 0.254 e. The molecule has 0 atom stereocenters. The van der Waals surface area contributed by atoms with Crippen LogP contribution in [0.1, 0.15) is 36.2 Å². The Morgan fingerprint density at radius 3 is 2.48 bits per heavy atom. The standard InChI is InChI=1S/C24H23N5O2/c1-24(31)12-17(13-24)29-22(25)20(23(26)30)21(28-29)16-8-7-15-9-10-18(27-19(15)11-16)14-5-3-2-4-6-14/h2-11,17,31H,12-13,25H2,1H3,(H2,26,30)/t17-,24+. The number of carbonyl (C=O) groups excluding carboxylic acids is 1. The van der Waals surface area contributed by atoms with Gasteiger partial charge in [-0.3, -0.25) is 4.79 Å². The molecule has 0 radical (unpaired) electrons. The molecule has 0 saturated heterocycles. The van der Waals surface area contributed by atoms with Crippen LogP contribution in [0.2, 0.25) is 0 Å². The van der Waals surface area contributed by atoms with E-state index >= 15 is 0 Å². The maximum atomic E-state index is 12.2. The fourth-order valence-corrected chi connectivity index (χ4v) is 4.33. The summed E-state index contributed by atoms with van der Waals surface area (Å²) in [5.74, 6) is -0.398. The van der Waals surface area contributed by atoms with Crippen molar-refractivity contribution in [3.63, 3.8) is 0 Å². The molecule has 0 spiro atoms. The first-order valence-corrected chi connectivity index (χ1v) is 10.2. The van der Waals surface area contributed by atoms with E-state index in [9.17, 15) is 9.90 Å². The van der Waals surface area contributed by atoms with E-state index in [0.717, 1.165) is 27.7 Å². The summed E-state index contributed by atoms with van der Waals surface area (Å²) in [6.07, 6.45) is 1.05. The van der Waals surface area contributed by atoms with Gasteiger partial charge in [0, 0.05) is 16.5 Å². The molecular weight excluding hydrogens is 390 g/mol. The van der Waals surface area contributed by atoms with Crippen molar-refractivity contribution in [1.82, 2.24) is 14.8 Å². The summed E-state index contributed by atoms with van der Waals surface area (Å²) in [6, 6.07) is 19.6. The fourth-order valence-electron chi connectivity index (χ4n) is 4.33. The zero-order valence-corrected chi connectivity index (χ0v) is 17.1. The van der Waals surface area contributed by atoms with Crippen molar-refractivity contribution in [2.24, 2.45) is 5.73 Å². The molecule has 7 nitrogen and oxygen atoms in total. The number of carbonyl (C=O) groups is 1. The van der Waals surface area contributed by atoms with Crippen LogP contribution >= 0.6 is 0 Å². The number of nitrogens with two attached hydrogens (primary N) is 2. The molecular formula is C24H23N5O2. The Morgan fingerprint density at radius 1 is 1.10 bits per heavy atom. The molecule has 1 aliphatic carbocycles. The second-order valence-electron chi connectivity index (χ2n) is 8.45. The van der Waals surface area contributed by atoms with Crippen LogP contribution in [0.15, 0.2) is 60.7 Å². The van der Waals surface area contributed by atoms with Gasteiger partial charge < -0.3 is 16.6 Å². The van der Waals surface area contributed by atoms with Gasteiger partial charge >= 0.3 is 0 Å². The largest absolute Gasteiger partial charge is 0.390 e. The van der Waals surface area contributed by atoms with Crippen LogP contribution in [-0.4, -0.2) is 31.4 Å². The molecule has 1 fully saturated rings. The van der Waals surface area contributed by atoms with Crippen LogP contribution in [0.5, 0.6) is 0 Å². The highest BCUT2D eigenvalue weighted by atomic mass is 16.3. The van der Waals surface area contributed by atoms with Crippen molar-refractivity contribution in [2.45, 2.75) is 31.4 Å². The number of pyridine rings is 1. The Balaban J connectivity index is 1.61. The zero-order chi connectivity index (χ0) is 21.8. The summed E-state index contributed by atoms with van der Waals surface area (Å²) in [5.41, 5.74) is 15.2. The number of anilines is 1. The number of aromatic nitrogens is 3. The zero-order valence-electron chi connectivity index (χ0n) is 17.1. The Morgan fingerprint density at radius 2 is 1.81 bits per heavy atom. The molecule has 1 amide bonds. The van der Waals surface area contributed by atoms with E-state index in [1.807, 2.05) is 60.7 Å². The summed E-state index contributed by atoms with van der Waals surface area (Å²) in [6.45, 7) is 1.78. The first-order chi connectivity index (χ1) is 14.8. The van der Waals surface area contributed by atoms with Gasteiger partial charge in [0.1, 0.15) is 17.1 Å². The predicted octanol–water partition coefficient (Wildman–Crippen LogP) is 3.53. The summed E-state index contributed by atoms with van der Waals surface area (Å²) >= 11 is 0. The molecule has 1 aliphatic rings. The molecule has 2 aromatic heterocycles. The first-order valence-electron chi connectivity index (χ1n) is 10.2. The van der Waals surface area contributed by atoms with E-state index in [1.165, 1.54) is 0 Å². The number of benzene rings is 2. The van der Waals surface area contributed by atoms with Gasteiger partial charge in [0.2, 0.25) is 0 Å². The SMILES string of the molecule is C[C@]1(O)C[C@@H](n2nc(-c3ccc4ccc(-c5ccccc5)nc4c3)c(C(N)=O)c2N)C1. The molecule has 7 heteroatoms. The van der Waals surface area contributed by atoms with Crippen LogP contribution in [0.25, 0.3) is 33.4 Å². The van der Waals surface area contributed by atoms with E-state index in [0.29, 0.717) is 18.5 Å². The van der Waals surface area contributed by atoms with Gasteiger partial charge in [0.25, 0.3) is 5.91 Å². The monoisotopic (exact) mass is 413 g/mol. The number of fused-ring (bicyclic) bond motifs is 1. The lowest BCUT2D eigenvalue weighted by Crippen LogP contribution is -2.42. The van der Waals surface area contributed by atoms with Gasteiger partial charge in [-0.15, -0.1) is 0 Å². The van der Waals surface area contributed by atoms with Crippen molar-refractivity contribution in [3.8, 4) is 22.5 Å². The highest BCUT2D eigenvalue weighted by Gasteiger charge is 2.41. The average Bonchev–Trinajstić information content (AvgIpc) is 3.09. The summed E-state index contributed by atoms with van der Waals surface area (Å²) in [5, 5.41) is 15.7. The number of hydrogen-bond acceptors (Lipinski definition) is 5. The van der Waals surface area contributed by atoms with Gasteiger partial charge in [-0.05, 0) is 31.9 Å². The third-order valence-electron chi connectivity index (χ3n) is 5.93. The minimum Gasteiger partial charge on any atom is -0.390 e. The Hall–Kier alpha value is -3.71. The molecule has 0 bridgehead atoms. The van der Waals surface area contributed by atoms with Crippen LogP contribution in [0.3, 0.4) is 0 Å². The molecule has 0 aliphatic heterocycles. The minimum absolute atomic E-state index is 0.0647. The summed E-state index contributed by atoms with van der Waals surface area (Å²) < 4.78 is 1.62. The van der Waals surface area contributed by atoms with E-state index in [4.69, 9.17) is 16.5 Å². The number of primary amides is 1. The molecule has 0 unspecified atom stereocenters. The third-order valence-corrected chi connectivity index (χ3v) is 5.93. The lowest BCUT2D eigenvalue weighted by atomic mass is 9.77. The maximum absolute atomic E-state index is 12.2. The normalized spacial score (nSPS) is 20.5. The van der Waals surface area contributed by atoms with Crippen LogP contribution in [0, 0.1) is 0 Å². The number of rotatable bonds is 4. The lowest BCUT2D eigenvalue weighted by molar-refractivity contribution is -0.0535. The van der Waals surface area contributed by atoms with Gasteiger partial charge in [-0.25, -0.2) is 9.67 Å². The average molecular weight is 413 g/mol. The van der Waals surface area contributed by atoms with Crippen LogP contribution in [-0.2, 0) is 0 Å². The molecule has 4 aromatic rings. The molecule has 31 heavy (non-hydrogen) atoms. The molecule has 2 aromatic carbocycles. The quantitative estimate of drug-likeness (QED) is 0.473. The Bertz CT molecular complexity index is 1300. The lowest BCUT2D eigenvalue weighted by Gasteiger charge is -2.41. The van der Waals surface area contributed by atoms with Crippen molar-refractivity contribution in [3.05, 3.63) is 66.2 Å². The Kier molecular flexibility index (Phi) is 4.30. The second kappa shape index (κ2) is 6.92. The highest BCUT2D eigenvalue weighted by molar-refractivity contribution is 6.04. The van der Waals surface area contributed by atoms with Gasteiger partial charge in [-0.1, -0.05) is 48.5 Å². The van der Waals surface area contributed by atoms with Crippen molar-refractivity contribution in [1.29, 1.82) is 0 Å². The molecule has 5 N–H and O–H groups in total. The topological polar surface area (TPSA) is 120 Å². The predicted molar refractivity (Wildman–Crippen MR) is 120 cm³/mol. The Labute approximate surface area is 179 Å². The molecule has 156 valence electrons. The minimum atomic E-state index is -0.739. The number of nitrogens with zero attached hydrogens (tertiary/aromatic N) is 3. The number of amides is 1. The van der Waals surface area contributed by atoms with Gasteiger partial charge in [0.15, 0.2) is 0 Å². The number of hydrogen-bond donors (Lipinski definition) is 3. The van der Waals surface area contributed by atoms with Crippen molar-refractivity contribution < 1.29 is 9.90 Å². The van der Waals surface area contributed by atoms with Gasteiger partial charge in [0.05, 0.1) is 22.9 Å². The van der Waals surface area contributed by atoms with Crippen LogP contribution in [0.4, 0.5) is 5.82 Å². The molecule has 1 saturated carbocycles. The van der Waals surface area contributed by atoms with Crippen LogP contribution < -0.4 is 11.5 Å². The smallest absolute Gasteiger partial charge is 0.254 e. The van der Waals surface area contributed by atoms with E-state index in [1.54, 1.807) is 11.6 Å². The second-order valence-corrected chi connectivity index (χ2v) is 8.45.